The molecule has 5 heteroatoms. The van der Waals surface area contributed by atoms with Crippen molar-refractivity contribution in [1.82, 2.24) is 4.98 Å². The van der Waals surface area contributed by atoms with Gasteiger partial charge in [-0.25, -0.2) is 13.8 Å². The Hall–Kier alpha value is -1.39. The van der Waals surface area contributed by atoms with Gasteiger partial charge in [-0.2, -0.15) is 0 Å². The molecule has 3 nitrogen and oxygen atoms in total. The Morgan fingerprint density at radius 1 is 1.18 bits per heavy atom. The number of rotatable bonds is 5. The Morgan fingerprint density at radius 3 is 2.29 bits per heavy atom. The zero-order valence-corrected chi connectivity index (χ0v) is 10.6. The fourth-order valence-electron chi connectivity index (χ4n) is 1.74. The van der Waals surface area contributed by atoms with Gasteiger partial charge >= 0.3 is 0 Å². The maximum Gasteiger partial charge on any atom is 0.168 e. The Morgan fingerprint density at radius 2 is 1.76 bits per heavy atom. The molecule has 1 aromatic rings. The number of halogens is 2. The predicted molar refractivity (Wildman–Crippen MR) is 66.2 cm³/mol. The number of pyridine rings is 1. The molecular formula is C12H19F2N3. The second-order valence-electron chi connectivity index (χ2n) is 4.57. The first-order valence-corrected chi connectivity index (χ1v) is 5.74. The van der Waals surface area contributed by atoms with Crippen molar-refractivity contribution in [3.63, 3.8) is 0 Å². The zero-order valence-electron chi connectivity index (χ0n) is 10.6. The van der Waals surface area contributed by atoms with Crippen LogP contribution in [0.1, 0.15) is 27.2 Å². The minimum Gasteiger partial charge on any atom is -0.371 e. The van der Waals surface area contributed by atoms with Crippen LogP contribution in [0.3, 0.4) is 0 Å². The standard InChI is InChI=1S/C12H19F2N3/c1-7(2)5-8(3)16-12-10(14)6-9(13)11(15-4)17-12/h6-8H,5H2,1-4H3,(H2,15,16,17). The minimum absolute atomic E-state index is 0.0469. The maximum atomic E-state index is 13.5. The second-order valence-corrected chi connectivity index (χ2v) is 4.57. The van der Waals surface area contributed by atoms with Crippen molar-refractivity contribution in [2.24, 2.45) is 5.92 Å². The van der Waals surface area contributed by atoms with Crippen molar-refractivity contribution in [3.05, 3.63) is 17.7 Å². The van der Waals surface area contributed by atoms with E-state index in [4.69, 9.17) is 0 Å². The average molecular weight is 243 g/mol. The zero-order chi connectivity index (χ0) is 13.0. The summed E-state index contributed by atoms with van der Waals surface area (Å²) in [5.74, 6) is -0.719. The van der Waals surface area contributed by atoms with Crippen LogP contribution in [0.5, 0.6) is 0 Å². The largest absolute Gasteiger partial charge is 0.371 e. The highest BCUT2D eigenvalue weighted by molar-refractivity contribution is 5.47. The van der Waals surface area contributed by atoms with Crippen LogP contribution in [0, 0.1) is 17.6 Å². The van der Waals surface area contributed by atoms with Gasteiger partial charge in [0.1, 0.15) is 0 Å². The van der Waals surface area contributed by atoms with Crippen molar-refractivity contribution in [2.75, 3.05) is 17.7 Å². The highest BCUT2D eigenvalue weighted by Crippen LogP contribution is 2.20. The van der Waals surface area contributed by atoms with Crippen molar-refractivity contribution >= 4 is 11.6 Å². The van der Waals surface area contributed by atoms with Crippen LogP contribution in [0.2, 0.25) is 0 Å². The third-order valence-corrected chi connectivity index (χ3v) is 2.37. The van der Waals surface area contributed by atoms with Crippen LogP contribution in [-0.4, -0.2) is 18.1 Å². The van der Waals surface area contributed by atoms with Crippen LogP contribution in [0.15, 0.2) is 6.07 Å². The quantitative estimate of drug-likeness (QED) is 0.833. The van der Waals surface area contributed by atoms with Gasteiger partial charge in [-0.3, -0.25) is 0 Å². The van der Waals surface area contributed by atoms with Gasteiger partial charge in [0.25, 0.3) is 0 Å². The summed E-state index contributed by atoms with van der Waals surface area (Å²) in [7, 11) is 1.55. The Kier molecular flexibility index (Phi) is 4.66. The van der Waals surface area contributed by atoms with Crippen molar-refractivity contribution < 1.29 is 8.78 Å². The van der Waals surface area contributed by atoms with E-state index in [2.05, 4.69) is 29.5 Å². The molecule has 0 fully saturated rings. The van der Waals surface area contributed by atoms with E-state index >= 15 is 0 Å². The lowest BCUT2D eigenvalue weighted by Crippen LogP contribution is -2.19. The highest BCUT2D eigenvalue weighted by atomic mass is 19.1. The number of aromatic nitrogens is 1. The van der Waals surface area contributed by atoms with E-state index in [0.29, 0.717) is 5.92 Å². The van der Waals surface area contributed by atoms with Crippen LogP contribution < -0.4 is 10.6 Å². The van der Waals surface area contributed by atoms with Gasteiger partial charge in [-0.1, -0.05) is 13.8 Å². The third kappa shape index (κ3) is 3.84. The van der Waals surface area contributed by atoms with Gasteiger partial charge in [-0.15, -0.1) is 0 Å². The molecule has 1 atom stereocenters. The van der Waals surface area contributed by atoms with Crippen LogP contribution in [0.4, 0.5) is 20.4 Å². The lowest BCUT2D eigenvalue weighted by Gasteiger charge is -2.17. The second kappa shape index (κ2) is 5.80. The predicted octanol–water partition coefficient (Wildman–Crippen LogP) is 3.25. The molecule has 0 aliphatic rings. The summed E-state index contributed by atoms with van der Waals surface area (Å²) in [6, 6.07) is 0.927. The number of nitrogens with one attached hydrogen (secondary N) is 2. The fourth-order valence-corrected chi connectivity index (χ4v) is 1.74. The molecular weight excluding hydrogens is 224 g/mol. The lowest BCUT2D eigenvalue weighted by atomic mass is 10.1. The minimum atomic E-state index is -0.688. The smallest absolute Gasteiger partial charge is 0.168 e. The van der Waals surface area contributed by atoms with E-state index in [1.54, 1.807) is 7.05 Å². The monoisotopic (exact) mass is 243 g/mol. The summed E-state index contributed by atoms with van der Waals surface area (Å²) >= 11 is 0. The summed E-state index contributed by atoms with van der Waals surface area (Å²) < 4.78 is 26.7. The number of hydrogen-bond donors (Lipinski definition) is 2. The first-order chi connectivity index (χ1) is 7.93. The molecule has 2 N–H and O–H groups in total. The van der Waals surface area contributed by atoms with Gasteiger partial charge in [0.15, 0.2) is 23.3 Å². The number of hydrogen-bond acceptors (Lipinski definition) is 3. The summed E-state index contributed by atoms with van der Waals surface area (Å²) in [6.07, 6.45) is 0.896. The van der Waals surface area contributed by atoms with Gasteiger partial charge in [-0.05, 0) is 19.3 Å². The molecule has 1 unspecified atom stereocenters. The van der Waals surface area contributed by atoms with E-state index < -0.39 is 11.6 Å². The molecule has 0 aromatic carbocycles. The van der Waals surface area contributed by atoms with Crippen molar-refractivity contribution in [2.45, 2.75) is 33.2 Å². The van der Waals surface area contributed by atoms with E-state index in [1.165, 1.54) is 0 Å². The topological polar surface area (TPSA) is 37.0 Å². The Balaban J connectivity index is 2.83. The van der Waals surface area contributed by atoms with E-state index in [0.717, 1.165) is 12.5 Å². The molecule has 0 aliphatic heterocycles. The van der Waals surface area contributed by atoms with E-state index in [1.807, 2.05) is 6.92 Å². The van der Waals surface area contributed by atoms with Crippen molar-refractivity contribution in [3.8, 4) is 0 Å². The highest BCUT2D eigenvalue weighted by Gasteiger charge is 2.13. The normalized spacial score (nSPS) is 12.6. The Bertz CT molecular complexity index is 380. The molecule has 0 saturated carbocycles. The molecule has 0 amide bonds. The summed E-state index contributed by atoms with van der Waals surface area (Å²) in [5.41, 5.74) is 0. The Labute approximate surface area is 101 Å². The summed E-state index contributed by atoms with van der Waals surface area (Å²) in [6.45, 7) is 6.13. The first-order valence-electron chi connectivity index (χ1n) is 5.74. The molecule has 1 aromatic heterocycles. The molecule has 0 saturated heterocycles. The van der Waals surface area contributed by atoms with Gasteiger partial charge < -0.3 is 10.6 Å². The van der Waals surface area contributed by atoms with Gasteiger partial charge in [0.2, 0.25) is 0 Å². The SMILES string of the molecule is CNc1nc(NC(C)CC(C)C)c(F)cc1F. The van der Waals surface area contributed by atoms with Crippen molar-refractivity contribution in [1.29, 1.82) is 0 Å². The van der Waals surface area contributed by atoms with E-state index in [-0.39, 0.29) is 17.7 Å². The molecule has 0 radical (unpaired) electrons. The molecule has 1 rings (SSSR count). The van der Waals surface area contributed by atoms with Gasteiger partial charge in [0, 0.05) is 19.2 Å². The molecule has 0 aliphatic carbocycles. The fraction of sp³-hybridized carbons (Fsp3) is 0.583. The average Bonchev–Trinajstić information content (AvgIpc) is 2.20. The molecule has 17 heavy (non-hydrogen) atoms. The van der Waals surface area contributed by atoms with Gasteiger partial charge in [0.05, 0.1) is 0 Å². The van der Waals surface area contributed by atoms with Crippen LogP contribution >= 0.6 is 0 Å². The molecule has 96 valence electrons. The van der Waals surface area contributed by atoms with Crippen LogP contribution in [-0.2, 0) is 0 Å². The molecule has 1 heterocycles. The summed E-state index contributed by atoms with van der Waals surface area (Å²) in [4.78, 5) is 3.87. The maximum absolute atomic E-state index is 13.5. The third-order valence-electron chi connectivity index (χ3n) is 2.37. The molecule has 0 spiro atoms. The summed E-state index contributed by atoms with van der Waals surface area (Å²) in [5, 5.41) is 5.53. The number of nitrogens with zero attached hydrogens (tertiary/aromatic N) is 1. The lowest BCUT2D eigenvalue weighted by molar-refractivity contribution is 0.531. The molecule has 0 bridgehead atoms. The van der Waals surface area contributed by atoms with Crippen LogP contribution in [0.25, 0.3) is 0 Å². The van der Waals surface area contributed by atoms with E-state index in [9.17, 15) is 8.78 Å². The first kappa shape index (κ1) is 13.7. The number of anilines is 2.